The van der Waals surface area contributed by atoms with E-state index in [9.17, 15) is 4.79 Å². The lowest BCUT2D eigenvalue weighted by Gasteiger charge is -2.22. The number of aliphatic imine (C=N–C) groups is 1. The molecule has 0 fully saturated rings. The summed E-state index contributed by atoms with van der Waals surface area (Å²) in [6.45, 7) is 6.08. The fourth-order valence-electron chi connectivity index (χ4n) is 3.28. The lowest BCUT2D eigenvalue weighted by atomic mass is 9.91. The normalized spacial score (nSPS) is 12.4. The number of ether oxygens (including phenoxy) is 1. The molecule has 3 nitrogen and oxygen atoms in total. The predicted octanol–water partition coefficient (Wildman–Crippen LogP) is 5.43. The first-order valence-electron chi connectivity index (χ1n) is 9.77. The van der Waals surface area contributed by atoms with Crippen LogP contribution in [0.1, 0.15) is 29.5 Å². The van der Waals surface area contributed by atoms with E-state index < -0.39 is 6.04 Å². The number of rotatable bonds is 8. The van der Waals surface area contributed by atoms with Gasteiger partial charge in [0.1, 0.15) is 0 Å². The minimum Gasteiger partial charge on any atom is -0.464 e. The van der Waals surface area contributed by atoms with Gasteiger partial charge in [0.25, 0.3) is 0 Å². The molecule has 0 heterocycles. The number of hydrogen-bond acceptors (Lipinski definition) is 3. The standard InChI is InChI=1S/C26H25NO2/c1-3-23(20-14-8-5-9-15-20)25(26(28)29-4-2)27-24(21-16-10-6-11-17-21)22-18-12-7-13-19-22/h3,5-19,23,25H,1,4H2,2H3/t23-,25-/m1/s1. The maximum atomic E-state index is 12.9. The maximum Gasteiger partial charge on any atom is 0.331 e. The van der Waals surface area contributed by atoms with Crippen LogP contribution in [0.4, 0.5) is 0 Å². The van der Waals surface area contributed by atoms with Crippen LogP contribution in [-0.2, 0) is 9.53 Å². The van der Waals surface area contributed by atoms with Crippen molar-refractivity contribution < 1.29 is 9.53 Å². The highest BCUT2D eigenvalue weighted by atomic mass is 16.5. The van der Waals surface area contributed by atoms with Crippen LogP contribution in [0.3, 0.4) is 0 Å². The van der Waals surface area contributed by atoms with Crippen LogP contribution >= 0.6 is 0 Å². The molecule has 0 aliphatic carbocycles. The van der Waals surface area contributed by atoms with E-state index in [1.807, 2.05) is 91.0 Å². The summed E-state index contributed by atoms with van der Waals surface area (Å²) in [5, 5.41) is 0. The van der Waals surface area contributed by atoms with E-state index >= 15 is 0 Å². The molecule has 0 aliphatic rings. The van der Waals surface area contributed by atoms with E-state index in [2.05, 4.69) is 6.58 Å². The highest BCUT2D eigenvalue weighted by Gasteiger charge is 2.29. The van der Waals surface area contributed by atoms with Crippen LogP contribution in [0, 0.1) is 0 Å². The average Bonchev–Trinajstić information content (AvgIpc) is 2.78. The third-order valence-corrected chi connectivity index (χ3v) is 4.67. The third kappa shape index (κ3) is 5.08. The fraction of sp³-hybridized carbons (Fsp3) is 0.154. The van der Waals surface area contributed by atoms with Gasteiger partial charge < -0.3 is 4.74 Å². The summed E-state index contributed by atoms with van der Waals surface area (Å²) >= 11 is 0. The quantitative estimate of drug-likeness (QED) is 0.296. The molecule has 3 aromatic rings. The third-order valence-electron chi connectivity index (χ3n) is 4.67. The Balaban J connectivity index is 2.14. The molecule has 0 amide bonds. The fourth-order valence-corrected chi connectivity index (χ4v) is 3.28. The van der Waals surface area contributed by atoms with Crippen LogP contribution < -0.4 is 0 Å². The minimum atomic E-state index is -0.731. The summed E-state index contributed by atoms with van der Waals surface area (Å²) in [5.74, 6) is -0.650. The number of nitrogens with zero attached hydrogens (tertiary/aromatic N) is 1. The van der Waals surface area contributed by atoms with Gasteiger partial charge in [0.15, 0.2) is 6.04 Å². The Labute approximate surface area is 172 Å². The molecule has 0 aliphatic heterocycles. The van der Waals surface area contributed by atoms with E-state index in [1.54, 1.807) is 13.0 Å². The Morgan fingerprint density at radius 1 is 0.897 bits per heavy atom. The van der Waals surface area contributed by atoms with Gasteiger partial charge in [0.2, 0.25) is 0 Å². The highest BCUT2D eigenvalue weighted by Crippen LogP contribution is 2.26. The minimum absolute atomic E-state index is 0.294. The van der Waals surface area contributed by atoms with Crippen molar-refractivity contribution in [3.05, 3.63) is 120 Å². The highest BCUT2D eigenvalue weighted by molar-refractivity contribution is 6.13. The zero-order valence-electron chi connectivity index (χ0n) is 16.6. The van der Waals surface area contributed by atoms with Crippen LogP contribution in [0.15, 0.2) is 109 Å². The molecule has 146 valence electrons. The molecule has 0 saturated carbocycles. The molecule has 3 heteroatoms. The largest absolute Gasteiger partial charge is 0.464 e. The molecule has 0 saturated heterocycles. The van der Waals surface area contributed by atoms with Crippen LogP contribution in [-0.4, -0.2) is 24.3 Å². The van der Waals surface area contributed by atoms with Crippen molar-refractivity contribution in [2.75, 3.05) is 6.61 Å². The number of esters is 1. The Morgan fingerprint density at radius 3 is 1.83 bits per heavy atom. The summed E-state index contributed by atoms with van der Waals surface area (Å²) in [6, 6.07) is 28.9. The maximum absolute atomic E-state index is 12.9. The number of carbonyl (C=O) groups excluding carboxylic acids is 1. The molecule has 3 aromatic carbocycles. The van der Waals surface area contributed by atoms with Crippen molar-refractivity contribution in [2.45, 2.75) is 18.9 Å². The molecular weight excluding hydrogens is 358 g/mol. The second kappa shape index (κ2) is 10.2. The van der Waals surface area contributed by atoms with Gasteiger partial charge in [-0.2, -0.15) is 0 Å². The predicted molar refractivity (Wildman–Crippen MR) is 118 cm³/mol. The van der Waals surface area contributed by atoms with Crippen molar-refractivity contribution in [3.63, 3.8) is 0 Å². The SMILES string of the molecule is C=C[C@H](c1ccccc1)[C@@H](N=C(c1ccccc1)c1ccccc1)C(=O)OCC. The molecule has 0 N–H and O–H groups in total. The van der Waals surface area contributed by atoms with Gasteiger partial charge >= 0.3 is 5.97 Å². The summed E-state index contributed by atoms with van der Waals surface area (Å²) < 4.78 is 5.39. The average molecular weight is 383 g/mol. The number of carbonyl (C=O) groups is 1. The van der Waals surface area contributed by atoms with Gasteiger partial charge in [-0.15, -0.1) is 6.58 Å². The molecule has 2 atom stereocenters. The van der Waals surface area contributed by atoms with Crippen molar-refractivity contribution in [1.82, 2.24) is 0 Å². The molecule has 29 heavy (non-hydrogen) atoms. The number of hydrogen-bond donors (Lipinski definition) is 0. The Hall–Kier alpha value is -3.46. The van der Waals surface area contributed by atoms with Gasteiger partial charge in [-0.1, -0.05) is 97.1 Å². The van der Waals surface area contributed by atoms with Gasteiger partial charge in [-0.25, -0.2) is 4.79 Å². The monoisotopic (exact) mass is 383 g/mol. The van der Waals surface area contributed by atoms with E-state index in [1.165, 1.54) is 0 Å². The second-order valence-corrected chi connectivity index (χ2v) is 6.58. The first kappa shape index (κ1) is 20.3. The Morgan fingerprint density at radius 2 is 1.38 bits per heavy atom. The van der Waals surface area contributed by atoms with Crippen molar-refractivity contribution in [1.29, 1.82) is 0 Å². The van der Waals surface area contributed by atoms with Crippen LogP contribution in [0.2, 0.25) is 0 Å². The molecule has 0 bridgehead atoms. The molecular formula is C26H25NO2. The van der Waals surface area contributed by atoms with E-state index in [0.29, 0.717) is 6.61 Å². The summed E-state index contributed by atoms with van der Waals surface area (Å²) in [6.07, 6.45) is 1.77. The van der Waals surface area contributed by atoms with Crippen LogP contribution in [0.5, 0.6) is 0 Å². The first-order chi connectivity index (χ1) is 14.2. The molecule has 0 radical (unpaired) electrons. The first-order valence-corrected chi connectivity index (χ1v) is 9.77. The summed E-state index contributed by atoms with van der Waals surface area (Å²) in [7, 11) is 0. The topological polar surface area (TPSA) is 38.7 Å². The van der Waals surface area contributed by atoms with Crippen molar-refractivity contribution >= 4 is 11.7 Å². The van der Waals surface area contributed by atoms with Gasteiger partial charge in [-0.3, -0.25) is 4.99 Å². The second-order valence-electron chi connectivity index (χ2n) is 6.58. The Kier molecular flexibility index (Phi) is 7.12. The molecule has 0 unspecified atom stereocenters. The van der Waals surface area contributed by atoms with Crippen LogP contribution in [0.25, 0.3) is 0 Å². The zero-order chi connectivity index (χ0) is 20.5. The van der Waals surface area contributed by atoms with Gasteiger partial charge in [0.05, 0.1) is 12.3 Å². The lowest BCUT2D eigenvalue weighted by Crippen LogP contribution is -2.29. The van der Waals surface area contributed by atoms with Crippen molar-refractivity contribution in [3.8, 4) is 0 Å². The molecule has 0 spiro atoms. The zero-order valence-corrected chi connectivity index (χ0v) is 16.6. The summed E-state index contributed by atoms with van der Waals surface area (Å²) in [4.78, 5) is 17.9. The molecule has 0 aromatic heterocycles. The molecule has 3 rings (SSSR count). The Bertz CT molecular complexity index is 908. The summed E-state index contributed by atoms with van der Waals surface area (Å²) in [5.41, 5.74) is 3.63. The van der Waals surface area contributed by atoms with Crippen molar-refractivity contribution in [2.24, 2.45) is 4.99 Å². The van der Waals surface area contributed by atoms with E-state index in [0.717, 1.165) is 22.4 Å². The van der Waals surface area contributed by atoms with E-state index in [4.69, 9.17) is 9.73 Å². The number of benzene rings is 3. The van der Waals surface area contributed by atoms with E-state index in [-0.39, 0.29) is 11.9 Å². The van der Waals surface area contributed by atoms with Gasteiger partial charge in [-0.05, 0) is 12.5 Å². The smallest absolute Gasteiger partial charge is 0.331 e. The lowest BCUT2D eigenvalue weighted by molar-refractivity contribution is -0.144. The van der Waals surface area contributed by atoms with Gasteiger partial charge in [0, 0.05) is 17.0 Å².